The first-order valence-corrected chi connectivity index (χ1v) is 8.25. The molecule has 0 radical (unpaired) electrons. The van der Waals surface area contributed by atoms with E-state index in [0.29, 0.717) is 6.54 Å². The molecule has 1 N–H and O–H groups in total. The summed E-state index contributed by atoms with van der Waals surface area (Å²) in [5.74, 6) is -0.773. The van der Waals surface area contributed by atoms with Gasteiger partial charge in [-0.2, -0.15) is 0 Å². The minimum absolute atomic E-state index is 0.0916. The minimum Gasteiger partial charge on any atom is -0.480 e. The fourth-order valence-electron chi connectivity index (χ4n) is 2.27. The van der Waals surface area contributed by atoms with Crippen molar-refractivity contribution in [2.24, 2.45) is 0 Å². The molecule has 0 saturated carbocycles. The molecule has 0 aliphatic heterocycles. The number of hydrogen-bond donors (Lipinski definition) is 1. The van der Waals surface area contributed by atoms with Gasteiger partial charge in [0.1, 0.15) is 0 Å². The fourth-order valence-corrected chi connectivity index (χ4v) is 3.10. The number of carboxylic acid groups (broad SMARTS) is 1. The molecule has 0 aromatic heterocycles. The van der Waals surface area contributed by atoms with Crippen molar-refractivity contribution in [2.75, 3.05) is 13.1 Å². The lowest BCUT2D eigenvalue weighted by Crippen LogP contribution is -2.30. The van der Waals surface area contributed by atoms with Gasteiger partial charge in [-0.05, 0) is 42.8 Å². The van der Waals surface area contributed by atoms with Gasteiger partial charge >= 0.3 is 5.97 Å². The summed E-state index contributed by atoms with van der Waals surface area (Å²) in [5, 5.41) is 8.95. The van der Waals surface area contributed by atoms with Crippen molar-refractivity contribution in [3.63, 3.8) is 0 Å². The zero-order valence-electron chi connectivity index (χ0n) is 12.7. The Balaban J connectivity index is 1.97. The van der Waals surface area contributed by atoms with E-state index < -0.39 is 5.97 Å². The molecular weight excluding hydrogens is 294 g/mol. The number of carboxylic acids is 1. The second-order valence-corrected chi connectivity index (χ2v) is 6.31. The number of nitrogens with zero attached hydrogens (tertiary/aromatic N) is 1. The molecule has 2 aromatic rings. The van der Waals surface area contributed by atoms with Gasteiger partial charge in [-0.1, -0.05) is 49.0 Å². The standard InChI is InChI=1S/C18H21NO2S/c1-2-12-19(14-18(20)21)13-15-8-10-17(11-9-15)22-16-6-4-3-5-7-16/h3-11H,2,12-14H2,1H3,(H,20,21). The van der Waals surface area contributed by atoms with Crippen LogP contribution in [0.5, 0.6) is 0 Å². The maximum atomic E-state index is 10.9. The first kappa shape index (κ1) is 16.6. The number of aliphatic carboxylic acids is 1. The molecule has 116 valence electrons. The van der Waals surface area contributed by atoms with Crippen LogP contribution in [0.3, 0.4) is 0 Å². The third-order valence-electron chi connectivity index (χ3n) is 3.21. The topological polar surface area (TPSA) is 40.5 Å². The van der Waals surface area contributed by atoms with Gasteiger partial charge in [0.15, 0.2) is 0 Å². The Morgan fingerprint density at radius 1 is 1.05 bits per heavy atom. The second kappa shape index (κ2) is 8.61. The van der Waals surface area contributed by atoms with Crippen LogP contribution in [-0.4, -0.2) is 29.1 Å². The highest BCUT2D eigenvalue weighted by molar-refractivity contribution is 7.99. The van der Waals surface area contributed by atoms with Gasteiger partial charge in [0, 0.05) is 16.3 Å². The minimum atomic E-state index is -0.773. The summed E-state index contributed by atoms with van der Waals surface area (Å²) in [5.41, 5.74) is 1.15. The molecule has 22 heavy (non-hydrogen) atoms. The van der Waals surface area contributed by atoms with Gasteiger partial charge in [-0.15, -0.1) is 0 Å². The van der Waals surface area contributed by atoms with E-state index in [0.717, 1.165) is 18.5 Å². The summed E-state index contributed by atoms with van der Waals surface area (Å²) in [6, 6.07) is 18.6. The van der Waals surface area contributed by atoms with Crippen molar-refractivity contribution < 1.29 is 9.90 Å². The largest absolute Gasteiger partial charge is 0.480 e. The first-order chi connectivity index (χ1) is 10.7. The molecule has 0 heterocycles. The van der Waals surface area contributed by atoms with E-state index in [9.17, 15) is 4.79 Å². The van der Waals surface area contributed by atoms with Crippen molar-refractivity contribution >= 4 is 17.7 Å². The molecular formula is C18H21NO2S. The monoisotopic (exact) mass is 315 g/mol. The number of carbonyl (C=O) groups is 1. The van der Waals surface area contributed by atoms with Crippen LogP contribution >= 0.6 is 11.8 Å². The van der Waals surface area contributed by atoms with Crippen molar-refractivity contribution in [2.45, 2.75) is 29.7 Å². The molecule has 0 aliphatic rings. The van der Waals surface area contributed by atoms with E-state index in [1.54, 1.807) is 11.8 Å². The smallest absolute Gasteiger partial charge is 0.317 e. The maximum absolute atomic E-state index is 10.9. The molecule has 2 rings (SSSR count). The predicted molar refractivity (Wildman–Crippen MR) is 90.2 cm³/mol. The molecule has 0 aliphatic carbocycles. The normalized spacial score (nSPS) is 10.8. The lowest BCUT2D eigenvalue weighted by Gasteiger charge is -2.19. The van der Waals surface area contributed by atoms with Gasteiger partial charge in [0.05, 0.1) is 6.54 Å². The van der Waals surface area contributed by atoms with Gasteiger partial charge in [0.2, 0.25) is 0 Å². The van der Waals surface area contributed by atoms with Crippen LogP contribution in [0.15, 0.2) is 64.4 Å². The number of rotatable bonds is 8. The quantitative estimate of drug-likeness (QED) is 0.795. The average molecular weight is 315 g/mol. The van der Waals surface area contributed by atoms with Gasteiger partial charge < -0.3 is 5.11 Å². The Labute approximate surface area is 136 Å². The van der Waals surface area contributed by atoms with E-state index in [2.05, 4.69) is 43.3 Å². The molecule has 0 spiro atoms. The van der Waals surface area contributed by atoms with Gasteiger partial charge in [-0.3, -0.25) is 9.69 Å². The molecule has 0 amide bonds. The zero-order valence-corrected chi connectivity index (χ0v) is 13.6. The average Bonchev–Trinajstić information content (AvgIpc) is 2.50. The van der Waals surface area contributed by atoms with Crippen LogP contribution in [0, 0.1) is 0 Å². The van der Waals surface area contributed by atoms with E-state index in [1.165, 1.54) is 9.79 Å². The Morgan fingerprint density at radius 2 is 1.68 bits per heavy atom. The zero-order chi connectivity index (χ0) is 15.8. The van der Waals surface area contributed by atoms with Crippen LogP contribution in [0.2, 0.25) is 0 Å². The van der Waals surface area contributed by atoms with Crippen molar-refractivity contribution in [1.82, 2.24) is 4.90 Å². The van der Waals surface area contributed by atoms with Crippen molar-refractivity contribution in [1.29, 1.82) is 0 Å². The first-order valence-electron chi connectivity index (χ1n) is 7.43. The molecule has 0 saturated heterocycles. The SMILES string of the molecule is CCCN(CC(=O)O)Cc1ccc(Sc2ccccc2)cc1. The molecule has 0 bridgehead atoms. The summed E-state index contributed by atoms with van der Waals surface area (Å²) < 4.78 is 0. The summed E-state index contributed by atoms with van der Waals surface area (Å²) in [6.07, 6.45) is 0.954. The summed E-state index contributed by atoms with van der Waals surface area (Å²) >= 11 is 1.73. The van der Waals surface area contributed by atoms with E-state index in [1.807, 2.05) is 23.1 Å². The number of benzene rings is 2. The van der Waals surface area contributed by atoms with E-state index >= 15 is 0 Å². The lowest BCUT2D eigenvalue weighted by atomic mass is 10.2. The summed E-state index contributed by atoms with van der Waals surface area (Å²) in [6.45, 7) is 3.63. The Hall–Kier alpha value is -1.78. The van der Waals surface area contributed by atoms with Crippen LogP contribution in [-0.2, 0) is 11.3 Å². The molecule has 0 unspecified atom stereocenters. The number of hydrogen-bond acceptors (Lipinski definition) is 3. The highest BCUT2D eigenvalue weighted by atomic mass is 32.2. The third-order valence-corrected chi connectivity index (χ3v) is 4.22. The van der Waals surface area contributed by atoms with Crippen LogP contribution in [0.4, 0.5) is 0 Å². The molecule has 2 aromatic carbocycles. The Morgan fingerprint density at radius 3 is 2.27 bits per heavy atom. The highest BCUT2D eigenvalue weighted by Gasteiger charge is 2.09. The molecule has 4 heteroatoms. The maximum Gasteiger partial charge on any atom is 0.317 e. The molecule has 3 nitrogen and oxygen atoms in total. The highest BCUT2D eigenvalue weighted by Crippen LogP contribution is 2.27. The van der Waals surface area contributed by atoms with E-state index in [-0.39, 0.29) is 6.54 Å². The van der Waals surface area contributed by atoms with E-state index in [4.69, 9.17) is 5.11 Å². The van der Waals surface area contributed by atoms with Gasteiger partial charge in [-0.25, -0.2) is 0 Å². The Bertz CT molecular complexity index is 584. The fraction of sp³-hybridized carbons (Fsp3) is 0.278. The summed E-state index contributed by atoms with van der Waals surface area (Å²) in [4.78, 5) is 15.3. The van der Waals surface area contributed by atoms with Crippen LogP contribution < -0.4 is 0 Å². The van der Waals surface area contributed by atoms with Crippen LogP contribution in [0.1, 0.15) is 18.9 Å². The second-order valence-electron chi connectivity index (χ2n) is 5.16. The third kappa shape index (κ3) is 5.54. The molecule has 0 atom stereocenters. The lowest BCUT2D eigenvalue weighted by molar-refractivity contribution is -0.138. The molecule has 0 fully saturated rings. The van der Waals surface area contributed by atoms with Crippen LogP contribution in [0.25, 0.3) is 0 Å². The predicted octanol–water partition coefficient (Wildman–Crippen LogP) is 4.13. The van der Waals surface area contributed by atoms with Gasteiger partial charge in [0.25, 0.3) is 0 Å². The summed E-state index contributed by atoms with van der Waals surface area (Å²) in [7, 11) is 0. The Kier molecular flexibility index (Phi) is 6.49. The van der Waals surface area contributed by atoms with Crippen molar-refractivity contribution in [3.05, 3.63) is 60.2 Å². The van der Waals surface area contributed by atoms with Crippen molar-refractivity contribution in [3.8, 4) is 0 Å².